The summed E-state index contributed by atoms with van der Waals surface area (Å²) in [6.45, 7) is 22.3. The second kappa shape index (κ2) is 9.38. The third-order valence-electron chi connectivity index (χ3n) is 5.35. The minimum Gasteiger partial charge on any atom is -0.408 e. The Morgan fingerprint density at radius 3 is 2.27 bits per heavy atom. The van der Waals surface area contributed by atoms with Crippen molar-refractivity contribution in [3.8, 4) is 0 Å². The normalized spacial score (nSPS) is 25.8. The number of hydrogen-bond acceptors (Lipinski definition) is 3. The zero-order chi connectivity index (χ0) is 20.3. The molecule has 0 N–H and O–H groups in total. The number of hydrogen-bond donors (Lipinski definition) is 0. The van der Waals surface area contributed by atoms with E-state index in [0.717, 1.165) is 17.3 Å². The molecule has 0 bridgehead atoms. The van der Waals surface area contributed by atoms with E-state index in [1.165, 1.54) is 5.57 Å². The third-order valence-corrected chi connectivity index (χ3v) is 10.5. The van der Waals surface area contributed by atoms with Gasteiger partial charge >= 0.3 is 0 Å². The Kier molecular flexibility index (Phi) is 8.87. The van der Waals surface area contributed by atoms with Crippen LogP contribution in [0.3, 0.4) is 0 Å². The molecule has 1 rings (SSSR count). The van der Waals surface area contributed by atoms with Crippen LogP contribution in [0.4, 0.5) is 0 Å². The van der Waals surface area contributed by atoms with Crippen LogP contribution in [0.2, 0.25) is 18.1 Å². The van der Waals surface area contributed by atoms with E-state index in [2.05, 4.69) is 83.3 Å². The Balaban J connectivity index is 3.18. The van der Waals surface area contributed by atoms with Crippen molar-refractivity contribution < 1.29 is 13.9 Å². The summed E-state index contributed by atoms with van der Waals surface area (Å²) < 4.78 is 20.5. The molecule has 5 heteroatoms. The van der Waals surface area contributed by atoms with Crippen LogP contribution in [-0.4, -0.2) is 36.8 Å². The van der Waals surface area contributed by atoms with Crippen LogP contribution in [0.5, 0.6) is 0 Å². The van der Waals surface area contributed by atoms with Gasteiger partial charge in [0, 0.05) is 4.43 Å². The molecule has 0 saturated carbocycles. The average Bonchev–Trinajstić information content (AvgIpc) is 2.71. The Bertz CT molecular complexity index is 480. The lowest BCUT2D eigenvalue weighted by Crippen LogP contribution is -2.48. The lowest BCUT2D eigenvalue weighted by Gasteiger charge is -2.40. The van der Waals surface area contributed by atoms with E-state index >= 15 is 0 Å². The Morgan fingerprint density at radius 2 is 1.81 bits per heavy atom. The number of ether oxygens (including phenoxy) is 2. The van der Waals surface area contributed by atoms with Gasteiger partial charge in [-0.25, -0.2) is 0 Å². The third kappa shape index (κ3) is 7.19. The van der Waals surface area contributed by atoms with Gasteiger partial charge in [0.25, 0.3) is 0 Å². The van der Waals surface area contributed by atoms with E-state index in [0.29, 0.717) is 5.92 Å². The van der Waals surface area contributed by atoms with Crippen LogP contribution < -0.4 is 0 Å². The van der Waals surface area contributed by atoms with E-state index in [1.807, 2.05) is 13.8 Å². The summed E-state index contributed by atoms with van der Waals surface area (Å²) in [5.41, 5.74) is 1.38. The Labute approximate surface area is 176 Å². The lowest BCUT2D eigenvalue weighted by molar-refractivity contribution is -0.152. The van der Waals surface area contributed by atoms with Crippen molar-refractivity contribution in [2.75, 3.05) is 4.43 Å². The summed E-state index contributed by atoms with van der Waals surface area (Å²) in [7, 11) is -1.92. The first-order chi connectivity index (χ1) is 11.7. The molecule has 0 aromatic carbocycles. The van der Waals surface area contributed by atoms with Crippen LogP contribution in [0.25, 0.3) is 0 Å². The molecule has 0 aromatic rings. The van der Waals surface area contributed by atoms with Crippen LogP contribution >= 0.6 is 22.6 Å². The van der Waals surface area contributed by atoms with Crippen molar-refractivity contribution in [3.05, 3.63) is 11.6 Å². The zero-order valence-electron chi connectivity index (χ0n) is 18.6. The van der Waals surface area contributed by atoms with Crippen LogP contribution in [0.1, 0.15) is 68.2 Å². The first kappa shape index (κ1) is 24.6. The largest absolute Gasteiger partial charge is 0.408 e. The molecule has 1 heterocycles. The highest BCUT2D eigenvalue weighted by Crippen LogP contribution is 2.40. The van der Waals surface area contributed by atoms with Crippen molar-refractivity contribution in [2.45, 2.75) is 110 Å². The summed E-state index contributed by atoms with van der Waals surface area (Å²) in [6, 6.07) is 0. The molecular weight excluding hydrogens is 455 g/mol. The minimum absolute atomic E-state index is 0.0454. The molecule has 0 spiro atoms. The molecular formula is C21H41IO3Si. The zero-order valence-corrected chi connectivity index (χ0v) is 21.8. The predicted molar refractivity (Wildman–Crippen MR) is 123 cm³/mol. The number of alkyl halides is 1. The summed E-state index contributed by atoms with van der Waals surface area (Å²) in [5, 5.41) is 0.165. The van der Waals surface area contributed by atoms with Crippen LogP contribution in [0, 0.1) is 5.92 Å². The van der Waals surface area contributed by atoms with Gasteiger partial charge in [0.1, 0.15) is 6.10 Å². The second-order valence-electron chi connectivity index (χ2n) is 10.1. The summed E-state index contributed by atoms with van der Waals surface area (Å²) >= 11 is 2.42. The maximum absolute atomic E-state index is 6.86. The van der Waals surface area contributed by atoms with E-state index in [4.69, 9.17) is 13.9 Å². The first-order valence-electron chi connectivity index (χ1n) is 9.95. The molecule has 3 atom stereocenters. The quantitative estimate of drug-likeness (QED) is 0.162. The molecule has 0 aromatic heterocycles. The Morgan fingerprint density at radius 1 is 1.23 bits per heavy atom. The number of rotatable bonds is 8. The standard InChI is InChI=1S/C21H41IO3Si/c1-15(2)13-16(3)14-18(25-26(9,10)20(4,5)6)19-17(11-12-22)23-21(7,8)24-19/h14-15,17-19H,11-13H2,1-10H3/b16-14-/t17-,18?,19-/m0/s1. The summed E-state index contributed by atoms with van der Waals surface area (Å²) in [5.74, 6) is 0.0952. The first-order valence-corrected chi connectivity index (χ1v) is 14.4. The molecule has 0 amide bonds. The van der Waals surface area contributed by atoms with Crippen LogP contribution in [0.15, 0.2) is 11.6 Å². The fraction of sp³-hybridized carbons (Fsp3) is 0.905. The maximum atomic E-state index is 6.86. The molecule has 154 valence electrons. The van der Waals surface area contributed by atoms with Gasteiger partial charge in [-0.3, -0.25) is 0 Å². The summed E-state index contributed by atoms with van der Waals surface area (Å²) in [6.07, 6.45) is 4.38. The molecule has 1 aliphatic rings. The van der Waals surface area contributed by atoms with Gasteiger partial charge < -0.3 is 13.9 Å². The van der Waals surface area contributed by atoms with Gasteiger partial charge in [-0.15, -0.1) is 0 Å². The molecule has 1 unspecified atom stereocenters. The highest BCUT2D eigenvalue weighted by atomic mass is 127. The number of allylic oxidation sites excluding steroid dienone is 1. The molecule has 1 saturated heterocycles. The predicted octanol–water partition coefficient (Wildman–Crippen LogP) is 6.71. The second-order valence-corrected chi connectivity index (χ2v) is 15.9. The van der Waals surface area contributed by atoms with E-state index in [9.17, 15) is 0 Å². The minimum atomic E-state index is -1.92. The van der Waals surface area contributed by atoms with Gasteiger partial charge in [0.05, 0.1) is 12.2 Å². The van der Waals surface area contributed by atoms with Crippen molar-refractivity contribution in [2.24, 2.45) is 5.92 Å². The highest BCUT2D eigenvalue weighted by Gasteiger charge is 2.48. The molecule has 1 fully saturated rings. The fourth-order valence-corrected chi connectivity index (χ4v) is 5.03. The maximum Gasteiger partial charge on any atom is 0.193 e. The lowest BCUT2D eigenvalue weighted by atomic mass is 9.99. The highest BCUT2D eigenvalue weighted by molar-refractivity contribution is 14.1. The average molecular weight is 497 g/mol. The summed E-state index contributed by atoms with van der Waals surface area (Å²) in [4.78, 5) is 0. The van der Waals surface area contributed by atoms with E-state index in [1.54, 1.807) is 0 Å². The van der Waals surface area contributed by atoms with Gasteiger partial charge in [0.15, 0.2) is 14.1 Å². The van der Waals surface area contributed by atoms with Crippen molar-refractivity contribution in [3.63, 3.8) is 0 Å². The van der Waals surface area contributed by atoms with Gasteiger partial charge in [-0.1, -0.05) is 68.9 Å². The molecule has 3 nitrogen and oxygen atoms in total. The van der Waals surface area contributed by atoms with Gasteiger partial charge in [-0.05, 0) is 57.7 Å². The van der Waals surface area contributed by atoms with Crippen molar-refractivity contribution in [1.29, 1.82) is 0 Å². The van der Waals surface area contributed by atoms with Crippen molar-refractivity contribution in [1.82, 2.24) is 0 Å². The van der Waals surface area contributed by atoms with Gasteiger partial charge in [0.2, 0.25) is 0 Å². The molecule has 0 radical (unpaired) electrons. The Hall–Kier alpha value is 0.567. The van der Waals surface area contributed by atoms with Gasteiger partial charge in [-0.2, -0.15) is 0 Å². The number of halogens is 1. The topological polar surface area (TPSA) is 27.7 Å². The monoisotopic (exact) mass is 496 g/mol. The smallest absolute Gasteiger partial charge is 0.193 e. The van der Waals surface area contributed by atoms with Crippen LogP contribution in [-0.2, 0) is 13.9 Å². The molecule has 1 aliphatic heterocycles. The fourth-order valence-electron chi connectivity index (χ4n) is 3.18. The molecule has 26 heavy (non-hydrogen) atoms. The van der Waals surface area contributed by atoms with E-state index in [-0.39, 0.29) is 23.4 Å². The SMILES string of the molecule is C/C(=C/C(O[Si](C)(C)C(C)(C)C)[C@H]1OC(C)(C)O[C@H]1CCI)CC(C)C. The van der Waals surface area contributed by atoms with E-state index < -0.39 is 14.1 Å². The van der Waals surface area contributed by atoms with Crippen molar-refractivity contribution >= 4 is 30.9 Å². The molecule has 0 aliphatic carbocycles.